The maximum atomic E-state index is 13.2. The summed E-state index contributed by atoms with van der Waals surface area (Å²) in [7, 11) is 0. The number of rotatable bonds is 14. The van der Waals surface area contributed by atoms with Gasteiger partial charge >= 0.3 is 19.1 Å². The lowest BCUT2D eigenvalue weighted by atomic mass is 10.0. The average molecular weight is 813 g/mol. The fourth-order valence-electron chi connectivity index (χ4n) is 8.01. The van der Waals surface area contributed by atoms with Crippen molar-refractivity contribution in [3.8, 4) is 28.4 Å². The van der Waals surface area contributed by atoms with Crippen LogP contribution in [0.25, 0.3) is 22.0 Å². The third kappa shape index (κ3) is 10.3. The molecule has 3 aromatic carbocycles. The van der Waals surface area contributed by atoms with Gasteiger partial charge in [-0.3, -0.25) is 9.80 Å². The molecule has 3 aliphatic heterocycles. The van der Waals surface area contributed by atoms with Gasteiger partial charge in [0.25, 0.3) is 0 Å². The molecular formula is C39H41F9N6O3. The first kappa shape index (κ1) is 40.5. The maximum absolute atomic E-state index is 13.2. The molecule has 1 aromatic heterocycles. The third-order valence-corrected chi connectivity index (χ3v) is 10.5. The van der Waals surface area contributed by atoms with E-state index in [0.717, 1.165) is 72.0 Å². The van der Waals surface area contributed by atoms with Crippen molar-refractivity contribution < 1.29 is 53.7 Å². The molecule has 57 heavy (non-hydrogen) atoms. The highest BCUT2D eigenvalue weighted by atomic mass is 19.4. The van der Waals surface area contributed by atoms with Gasteiger partial charge in [0.05, 0.1) is 11.6 Å². The SMILES string of the molecule is C=C(NCCCn1cc(-c2ccc(OC(F)(F)F)cc2)c2cc(CN3CC4CC3CN4Cc3c(OC(F)(F)F)cccc3OC(F)(F)F)ccc21)C1CNCCN1. The second-order valence-electron chi connectivity index (χ2n) is 14.4. The smallest absolute Gasteiger partial charge is 0.406 e. The number of piperazine rings is 2. The molecule has 7 rings (SSSR count). The Hall–Kier alpha value is -4.65. The molecule has 9 nitrogen and oxygen atoms in total. The lowest BCUT2D eigenvalue weighted by Crippen LogP contribution is -2.51. The van der Waals surface area contributed by atoms with E-state index in [1.807, 2.05) is 23.2 Å². The Morgan fingerprint density at radius 1 is 0.789 bits per heavy atom. The Bertz CT molecular complexity index is 1990. The molecule has 0 amide bonds. The minimum atomic E-state index is -5.11. The molecule has 18 heteroatoms. The van der Waals surface area contributed by atoms with E-state index in [1.54, 1.807) is 12.1 Å². The molecule has 3 atom stereocenters. The van der Waals surface area contributed by atoms with Crippen LogP contribution in [0.5, 0.6) is 17.2 Å². The summed E-state index contributed by atoms with van der Waals surface area (Å²) in [4.78, 5) is 4.09. The number of nitrogens with zero attached hydrogens (tertiary/aromatic N) is 3. The number of fused-ring (bicyclic) bond motifs is 3. The first-order valence-corrected chi connectivity index (χ1v) is 18.4. The molecule has 308 valence electrons. The second-order valence-corrected chi connectivity index (χ2v) is 14.4. The van der Waals surface area contributed by atoms with Crippen LogP contribution in [0.4, 0.5) is 39.5 Å². The highest BCUT2D eigenvalue weighted by molar-refractivity contribution is 5.96. The van der Waals surface area contributed by atoms with Gasteiger partial charge in [0, 0.05) is 99.3 Å². The van der Waals surface area contributed by atoms with Crippen LogP contribution in [0.3, 0.4) is 0 Å². The van der Waals surface area contributed by atoms with Crippen LogP contribution >= 0.6 is 0 Å². The lowest BCUT2D eigenvalue weighted by molar-refractivity contribution is -0.277. The molecule has 0 radical (unpaired) electrons. The average Bonchev–Trinajstić information content (AvgIpc) is 3.83. The van der Waals surface area contributed by atoms with Crippen molar-refractivity contribution in [1.29, 1.82) is 0 Å². The summed E-state index contributed by atoms with van der Waals surface area (Å²) < 4.78 is 132. The topological polar surface area (TPSA) is 75.2 Å². The number of alkyl halides is 9. The van der Waals surface area contributed by atoms with Crippen molar-refractivity contribution in [3.63, 3.8) is 0 Å². The van der Waals surface area contributed by atoms with Gasteiger partial charge in [-0.15, -0.1) is 39.5 Å². The van der Waals surface area contributed by atoms with Gasteiger partial charge in [-0.25, -0.2) is 0 Å². The standard InChI is InChI=1S/C39H41F9N6O3/c1-24(33-18-49-13-14-51-33)50-12-3-15-52-22-31(26-7-9-29(10-8-26)55-37(40,41)42)30-16-25(6-11-34(30)52)19-53-20-28-17-27(53)21-54(28)23-32-35(56-38(43,44)45)4-2-5-36(32)57-39(46,47)48/h2,4-11,16,22,27-28,33,49-51H,1,3,12-15,17-21,23H2. The summed E-state index contributed by atoms with van der Waals surface area (Å²) in [5.74, 6) is -1.83. The van der Waals surface area contributed by atoms with Crippen LogP contribution in [0.2, 0.25) is 0 Å². The van der Waals surface area contributed by atoms with E-state index in [-0.39, 0.29) is 36.0 Å². The van der Waals surface area contributed by atoms with E-state index in [1.165, 1.54) is 12.1 Å². The minimum Gasteiger partial charge on any atom is -0.406 e. The van der Waals surface area contributed by atoms with Crippen molar-refractivity contribution in [2.24, 2.45) is 0 Å². The monoisotopic (exact) mass is 812 g/mol. The number of aromatic nitrogens is 1. The first-order valence-electron chi connectivity index (χ1n) is 18.4. The van der Waals surface area contributed by atoms with Crippen LogP contribution in [0.15, 0.2) is 79.1 Å². The molecule has 3 saturated heterocycles. The number of nitrogens with one attached hydrogen (secondary N) is 3. The lowest BCUT2D eigenvalue weighted by Gasteiger charge is -2.34. The summed E-state index contributed by atoms with van der Waals surface area (Å²) in [6.45, 7) is 9.28. The maximum Gasteiger partial charge on any atom is 0.573 e. The molecule has 4 aromatic rings. The summed E-state index contributed by atoms with van der Waals surface area (Å²) >= 11 is 0. The zero-order valence-corrected chi connectivity index (χ0v) is 30.5. The van der Waals surface area contributed by atoms with E-state index >= 15 is 0 Å². The first-order chi connectivity index (χ1) is 27.0. The Kier molecular flexibility index (Phi) is 11.6. The van der Waals surface area contributed by atoms with Crippen LogP contribution in [0, 0.1) is 0 Å². The number of ether oxygens (including phenoxy) is 3. The predicted octanol–water partition coefficient (Wildman–Crippen LogP) is 7.52. The van der Waals surface area contributed by atoms with Crippen LogP contribution < -0.4 is 30.2 Å². The molecule has 0 aliphatic carbocycles. The van der Waals surface area contributed by atoms with Crippen molar-refractivity contribution in [3.05, 3.63) is 90.3 Å². The predicted molar refractivity (Wildman–Crippen MR) is 193 cm³/mol. The van der Waals surface area contributed by atoms with Crippen molar-refractivity contribution >= 4 is 10.9 Å². The highest BCUT2D eigenvalue weighted by Gasteiger charge is 2.44. The second kappa shape index (κ2) is 16.3. The number of aryl methyl sites for hydroxylation is 1. The van der Waals surface area contributed by atoms with E-state index in [0.29, 0.717) is 44.7 Å². The molecule has 0 spiro atoms. The van der Waals surface area contributed by atoms with Gasteiger partial charge in [-0.1, -0.05) is 30.8 Å². The zero-order chi connectivity index (χ0) is 40.5. The van der Waals surface area contributed by atoms with Gasteiger partial charge < -0.3 is 34.7 Å². The molecule has 3 aliphatic rings. The Morgan fingerprint density at radius 2 is 1.44 bits per heavy atom. The number of hydrogen-bond acceptors (Lipinski definition) is 8. The number of likely N-dealkylation sites (tertiary alicyclic amines) is 2. The van der Waals surface area contributed by atoms with Crippen molar-refractivity contribution in [2.45, 2.75) is 69.7 Å². The molecule has 2 bridgehead atoms. The Labute approximate surface area is 322 Å². The molecule has 3 unspecified atom stereocenters. The fraction of sp³-hybridized carbons (Fsp3) is 0.436. The van der Waals surface area contributed by atoms with Gasteiger partial charge in [0.2, 0.25) is 0 Å². The van der Waals surface area contributed by atoms with E-state index < -0.39 is 30.6 Å². The van der Waals surface area contributed by atoms with Gasteiger partial charge in [-0.05, 0) is 60.4 Å². The Morgan fingerprint density at radius 3 is 2.04 bits per heavy atom. The summed E-state index contributed by atoms with van der Waals surface area (Å²) in [6, 6.07) is 14.7. The molecule has 0 saturated carbocycles. The zero-order valence-electron chi connectivity index (χ0n) is 30.5. The van der Waals surface area contributed by atoms with Crippen LogP contribution in [-0.4, -0.2) is 90.8 Å². The molecule has 3 N–H and O–H groups in total. The van der Waals surface area contributed by atoms with Gasteiger partial charge in [0.1, 0.15) is 17.2 Å². The van der Waals surface area contributed by atoms with Crippen molar-refractivity contribution in [1.82, 2.24) is 30.3 Å². The summed E-state index contributed by atoms with van der Waals surface area (Å²) in [6.07, 6.45) is -11.6. The number of hydrogen-bond donors (Lipinski definition) is 3. The quantitative estimate of drug-likeness (QED) is 0.0893. The number of halogens is 9. The molecular weight excluding hydrogens is 771 g/mol. The van der Waals surface area contributed by atoms with Crippen LogP contribution in [-0.2, 0) is 19.6 Å². The Balaban J connectivity index is 1.06. The molecule has 4 heterocycles. The van der Waals surface area contributed by atoms with Crippen molar-refractivity contribution in [2.75, 3.05) is 39.3 Å². The third-order valence-electron chi connectivity index (χ3n) is 10.5. The van der Waals surface area contributed by atoms with Gasteiger partial charge in [-0.2, -0.15) is 0 Å². The highest BCUT2D eigenvalue weighted by Crippen LogP contribution is 2.40. The largest absolute Gasteiger partial charge is 0.573 e. The summed E-state index contributed by atoms with van der Waals surface area (Å²) in [5, 5.41) is 11.1. The minimum absolute atomic E-state index is 0.0135. The summed E-state index contributed by atoms with van der Waals surface area (Å²) in [5.41, 5.74) is 4.00. The number of benzene rings is 3. The molecule has 3 fully saturated rings. The van der Waals surface area contributed by atoms with Gasteiger partial charge in [0.15, 0.2) is 0 Å². The fourth-order valence-corrected chi connectivity index (χ4v) is 8.01. The van der Waals surface area contributed by atoms with E-state index in [2.05, 4.69) is 52.3 Å². The van der Waals surface area contributed by atoms with E-state index in [4.69, 9.17) is 0 Å². The van der Waals surface area contributed by atoms with Crippen LogP contribution in [0.1, 0.15) is 24.0 Å². The van der Waals surface area contributed by atoms with E-state index in [9.17, 15) is 39.5 Å². The normalized spacial score (nSPS) is 20.6.